The van der Waals surface area contributed by atoms with Crippen LogP contribution in [0.5, 0.6) is 0 Å². The van der Waals surface area contributed by atoms with E-state index >= 15 is 0 Å². The number of urea groups is 1. The third-order valence-electron chi connectivity index (χ3n) is 10.9. The molecule has 0 unspecified atom stereocenters. The lowest BCUT2D eigenvalue weighted by Crippen LogP contribution is -2.62. The van der Waals surface area contributed by atoms with Crippen molar-refractivity contribution in [1.29, 1.82) is 0 Å². The van der Waals surface area contributed by atoms with Crippen LogP contribution in [0.1, 0.15) is 77.3 Å². The first-order chi connectivity index (χ1) is 27.9. The first kappa shape index (κ1) is 42.9. The summed E-state index contributed by atoms with van der Waals surface area (Å²) in [6.45, 7) is 5.82. The number of hydrazine groups is 1. The summed E-state index contributed by atoms with van der Waals surface area (Å²) >= 11 is 0. The second-order valence-corrected chi connectivity index (χ2v) is 14.8. The van der Waals surface area contributed by atoms with Crippen LogP contribution >= 0.6 is 0 Å². The van der Waals surface area contributed by atoms with Crippen molar-refractivity contribution < 1.29 is 24.0 Å². The van der Waals surface area contributed by atoms with Gasteiger partial charge in [0.25, 0.3) is 17.4 Å². The molecule has 0 spiro atoms. The summed E-state index contributed by atoms with van der Waals surface area (Å²) in [5.41, 5.74) is 3.71. The zero-order chi connectivity index (χ0) is 42.0. The van der Waals surface area contributed by atoms with Crippen LogP contribution in [0.2, 0.25) is 0 Å². The molecule has 0 atom stereocenters. The fourth-order valence-electron chi connectivity index (χ4n) is 7.74. The molecule has 3 heterocycles. The first-order valence-electron chi connectivity index (χ1n) is 20.0. The molecule has 0 bridgehead atoms. The van der Waals surface area contributed by atoms with Gasteiger partial charge in [-0.3, -0.25) is 39.3 Å². The zero-order valence-electron chi connectivity index (χ0n) is 34.4. The van der Waals surface area contributed by atoms with Crippen molar-refractivity contribution in [2.75, 3.05) is 29.0 Å². The number of barbiturate groups is 1. The van der Waals surface area contributed by atoms with Crippen LogP contribution in [-0.2, 0) is 26.2 Å². The average Bonchev–Trinajstić information content (AvgIpc) is 3.42. The highest BCUT2D eigenvalue weighted by Crippen LogP contribution is 2.39. The maximum absolute atomic E-state index is 12.9. The number of para-hydroxylation sites is 3. The quantitative estimate of drug-likeness (QED) is 0.138. The molecule has 6 amide bonds. The van der Waals surface area contributed by atoms with E-state index < -0.39 is 29.2 Å². The van der Waals surface area contributed by atoms with E-state index in [0.29, 0.717) is 24.2 Å². The Hall–Kier alpha value is -6.24. The van der Waals surface area contributed by atoms with Crippen molar-refractivity contribution in [3.05, 3.63) is 119 Å². The summed E-state index contributed by atoms with van der Waals surface area (Å²) in [5, 5.41) is 7.46. The molecule has 58 heavy (non-hydrogen) atoms. The number of carbonyl (C=O) groups excluding carboxylic acids is 5. The maximum atomic E-state index is 12.9. The Kier molecular flexibility index (Phi) is 14.3. The Morgan fingerprint density at radius 2 is 1.21 bits per heavy atom. The number of allylic oxidation sites excluding steroid dienone is 1. The summed E-state index contributed by atoms with van der Waals surface area (Å²) in [6.07, 6.45) is 9.65. The van der Waals surface area contributed by atoms with E-state index in [1.54, 1.807) is 11.6 Å². The first-order valence-corrected chi connectivity index (χ1v) is 20.0. The molecule has 2 fully saturated rings. The normalized spacial score (nSPS) is 16.7. The van der Waals surface area contributed by atoms with Gasteiger partial charge in [-0.1, -0.05) is 93.8 Å². The number of benzene rings is 3. The number of unbranched alkanes of at least 4 members (excludes halogenated alkanes) is 1. The smallest absolute Gasteiger partial charge is 0.328 e. The molecule has 2 aliphatic heterocycles. The molecule has 306 valence electrons. The Balaban J connectivity index is 0.000000168. The Morgan fingerprint density at radius 1 is 0.707 bits per heavy atom. The molecule has 0 saturated carbocycles. The monoisotopic (exact) mass is 789 g/mol. The van der Waals surface area contributed by atoms with Crippen molar-refractivity contribution in [1.82, 2.24) is 20.0 Å². The predicted octanol–water partition coefficient (Wildman–Crippen LogP) is 6.98. The lowest BCUT2D eigenvalue weighted by atomic mass is 9.73. The minimum Gasteiger partial charge on any atom is -0.372 e. The highest BCUT2D eigenvalue weighted by molar-refractivity contribution is 6.23. The number of nitrogens with zero attached hydrogens (tertiary/aromatic N) is 5. The van der Waals surface area contributed by atoms with Gasteiger partial charge < -0.3 is 4.90 Å². The largest absolute Gasteiger partial charge is 0.372 e. The van der Waals surface area contributed by atoms with Crippen molar-refractivity contribution in [3.63, 3.8) is 0 Å². The summed E-state index contributed by atoms with van der Waals surface area (Å²) in [7, 11) is 5.68. The number of rotatable bonds is 9. The van der Waals surface area contributed by atoms with Gasteiger partial charge in [0, 0.05) is 21.1 Å². The Labute approximate surface area is 340 Å². The lowest BCUT2D eigenvalue weighted by Gasteiger charge is -2.35. The van der Waals surface area contributed by atoms with Crippen molar-refractivity contribution in [2.24, 2.45) is 18.4 Å². The third kappa shape index (κ3) is 8.83. The predicted molar refractivity (Wildman–Crippen MR) is 227 cm³/mol. The van der Waals surface area contributed by atoms with E-state index in [-0.39, 0.29) is 17.4 Å². The number of anilines is 3. The van der Waals surface area contributed by atoms with E-state index in [9.17, 15) is 28.8 Å². The molecule has 2 saturated heterocycles. The van der Waals surface area contributed by atoms with Gasteiger partial charge in [-0.15, -0.1) is 0 Å². The van der Waals surface area contributed by atoms with Crippen LogP contribution in [0.15, 0.2) is 107 Å². The van der Waals surface area contributed by atoms with Crippen LogP contribution in [0, 0.1) is 18.3 Å². The molecule has 3 aromatic carbocycles. The van der Waals surface area contributed by atoms with Gasteiger partial charge in [0.15, 0.2) is 0 Å². The fourth-order valence-corrected chi connectivity index (χ4v) is 7.74. The molecular formula is C45H55N7O6. The molecule has 4 aromatic rings. The molecular weight excluding hydrogens is 735 g/mol. The fraction of sp³-hybridized carbons (Fsp3) is 0.378. The average molecular weight is 790 g/mol. The highest BCUT2D eigenvalue weighted by atomic mass is 16.2. The number of nitrogens with one attached hydrogen (secondary N) is 2. The van der Waals surface area contributed by atoms with Crippen molar-refractivity contribution in [2.45, 2.75) is 78.6 Å². The number of imide groups is 2. The molecule has 13 heteroatoms. The van der Waals surface area contributed by atoms with Gasteiger partial charge >= 0.3 is 6.03 Å². The molecule has 7 rings (SSSR count). The van der Waals surface area contributed by atoms with Crippen LogP contribution < -0.4 is 31.1 Å². The van der Waals surface area contributed by atoms with Crippen molar-refractivity contribution >= 4 is 46.7 Å². The topological polar surface area (TPSA) is 146 Å². The van der Waals surface area contributed by atoms with Gasteiger partial charge in [0.05, 0.1) is 22.8 Å². The van der Waals surface area contributed by atoms with Gasteiger partial charge in [0.1, 0.15) is 17.0 Å². The lowest BCUT2D eigenvalue weighted by molar-refractivity contribution is -0.142. The number of carbonyl (C=O) groups is 5. The summed E-state index contributed by atoms with van der Waals surface area (Å²) in [4.78, 5) is 75.4. The van der Waals surface area contributed by atoms with Gasteiger partial charge in [0.2, 0.25) is 11.8 Å². The second-order valence-electron chi connectivity index (χ2n) is 14.8. The minimum absolute atomic E-state index is 0.0150. The number of aromatic nitrogens is 2. The van der Waals surface area contributed by atoms with Crippen LogP contribution in [-0.4, -0.2) is 53.1 Å². The standard InChI is InChI=1S/C19H20N2O2.C13H17N3O.C13H18N2O3/c1-2-3-14-17-18(22)20(15-10-6-4-7-11-15)21(19(17)23)16-12-8-5-9-13-16;1-10-12(14(2)3)13(17)16(15(10)4)11-8-6-5-7-9-11;1-2-13(9-7-5-3-4-6-8-9)10(16)14-12(18)15-11(13)17/h4-13,17H,2-3,14H2,1H3;5-9H,1-4H3;7H,2-6,8H2,1H3,(H2,14,15,16,17,18). The molecule has 2 N–H and O–H groups in total. The summed E-state index contributed by atoms with van der Waals surface area (Å²) in [6, 6.07) is 27.6. The number of amides is 6. The third-order valence-corrected chi connectivity index (χ3v) is 10.9. The molecule has 13 nitrogen and oxygen atoms in total. The van der Waals surface area contributed by atoms with Crippen LogP contribution in [0.25, 0.3) is 5.69 Å². The molecule has 3 aliphatic rings. The van der Waals surface area contributed by atoms with Crippen molar-refractivity contribution in [3.8, 4) is 5.69 Å². The second kappa shape index (κ2) is 19.3. The Bertz CT molecular complexity index is 2100. The van der Waals surface area contributed by atoms with Gasteiger partial charge in [-0.05, 0) is 87.4 Å². The maximum Gasteiger partial charge on any atom is 0.328 e. The molecule has 1 aliphatic carbocycles. The van der Waals surface area contributed by atoms with E-state index in [4.69, 9.17) is 0 Å². The van der Waals surface area contributed by atoms with E-state index in [0.717, 1.165) is 67.6 Å². The molecule has 0 radical (unpaired) electrons. The highest BCUT2D eigenvalue weighted by Gasteiger charge is 2.51. The summed E-state index contributed by atoms with van der Waals surface area (Å²) < 4.78 is 3.57. The van der Waals surface area contributed by atoms with Crippen LogP contribution in [0.3, 0.4) is 0 Å². The van der Waals surface area contributed by atoms with E-state index in [1.807, 2.05) is 135 Å². The minimum atomic E-state index is -1.18. The zero-order valence-corrected chi connectivity index (χ0v) is 34.4. The van der Waals surface area contributed by atoms with E-state index in [1.165, 1.54) is 10.0 Å². The SMILES string of the molecule is CCC1(C2=CCCCCC2)C(=O)NC(=O)NC1=O.CCCCC1C(=O)N(c2ccccc2)N(c2ccccc2)C1=O.Cc1c(N(C)C)c(=O)n(-c2ccccc2)n1C. The number of hydrogen-bond donors (Lipinski definition) is 2. The van der Waals surface area contributed by atoms with Crippen LogP contribution in [0.4, 0.5) is 21.9 Å². The van der Waals surface area contributed by atoms with E-state index in [2.05, 4.69) is 17.6 Å². The van der Waals surface area contributed by atoms with Gasteiger partial charge in [-0.25, -0.2) is 19.5 Å². The number of hydrogen-bond acceptors (Lipinski definition) is 7. The van der Waals surface area contributed by atoms with Gasteiger partial charge in [-0.2, -0.15) is 0 Å². The summed E-state index contributed by atoms with van der Waals surface area (Å²) in [5.74, 6) is -1.83. The Morgan fingerprint density at radius 3 is 1.66 bits per heavy atom. The molecule has 1 aromatic heterocycles.